The lowest BCUT2D eigenvalue weighted by Gasteiger charge is -2.16. The molecule has 0 aliphatic rings. The monoisotopic (exact) mass is 506 g/mol. The molecular formula is C32H30F4O. The number of benzene rings is 4. The molecule has 0 saturated heterocycles. The number of ether oxygens (including phenoxy) is 1. The molecule has 192 valence electrons. The predicted octanol–water partition coefficient (Wildman–Crippen LogP) is 9.65. The molecule has 2 atom stereocenters. The first-order chi connectivity index (χ1) is 17.6. The van der Waals surface area contributed by atoms with Gasteiger partial charge in [0.1, 0.15) is 11.6 Å². The lowest BCUT2D eigenvalue weighted by molar-refractivity contribution is -0.274. The molecule has 0 spiro atoms. The first kappa shape index (κ1) is 26.5. The second-order valence-electron chi connectivity index (χ2n) is 9.41. The van der Waals surface area contributed by atoms with E-state index in [4.69, 9.17) is 0 Å². The molecule has 4 rings (SSSR count). The summed E-state index contributed by atoms with van der Waals surface area (Å²) in [6.45, 7) is 6.22. The third-order valence-electron chi connectivity index (χ3n) is 6.85. The van der Waals surface area contributed by atoms with Gasteiger partial charge in [0.15, 0.2) is 0 Å². The van der Waals surface area contributed by atoms with Crippen LogP contribution < -0.4 is 4.74 Å². The quantitative estimate of drug-likeness (QED) is 0.216. The van der Waals surface area contributed by atoms with Gasteiger partial charge in [-0.1, -0.05) is 100.0 Å². The minimum Gasteiger partial charge on any atom is -0.406 e. The van der Waals surface area contributed by atoms with E-state index in [0.717, 1.165) is 40.7 Å². The minimum absolute atomic E-state index is 0.0502. The molecule has 0 aliphatic heterocycles. The van der Waals surface area contributed by atoms with Crippen LogP contribution in [0.3, 0.4) is 0 Å². The number of rotatable bonds is 8. The van der Waals surface area contributed by atoms with Crippen LogP contribution in [0.4, 0.5) is 17.6 Å². The van der Waals surface area contributed by atoms with E-state index in [-0.39, 0.29) is 23.4 Å². The maximum Gasteiger partial charge on any atom is 0.573 e. The van der Waals surface area contributed by atoms with Gasteiger partial charge in [-0.05, 0) is 58.0 Å². The van der Waals surface area contributed by atoms with Crippen molar-refractivity contribution in [2.75, 3.05) is 0 Å². The van der Waals surface area contributed by atoms with Gasteiger partial charge >= 0.3 is 6.36 Å². The smallest absolute Gasteiger partial charge is 0.406 e. The van der Waals surface area contributed by atoms with Crippen molar-refractivity contribution in [2.45, 2.75) is 51.8 Å². The van der Waals surface area contributed by atoms with E-state index in [9.17, 15) is 13.2 Å². The summed E-state index contributed by atoms with van der Waals surface area (Å²) in [4.78, 5) is 0. The normalized spacial score (nSPS) is 13.3. The fourth-order valence-corrected chi connectivity index (χ4v) is 4.59. The maximum absolute atomic E-state index is 15.2. The first-order valence-corrected chi connectivity index (χ1v) is 12.5. The third kappa shape index (κ3) is 6.59. The zero-order valence-electron chi connectivity index (χ0n) is 21.1. The SMILES string of the molecule is CCCc1ccc(C(C)c2ccc(-c3ccc(C(C)c4ccc(OC(F)(F)F)cc4)cc3)c(F)c2)cc1. The summed E-state index contributed by atoms with van der Waals surface area (Å²) in [5.74, 6) is -0.491. The van der Waals surface area contributed by atoms with Gasteiger partial charge in [-0.25, -0.2) is 4.39 Å². The molecule has 0 aromatic heterocycles. The Bertz CT molecular complexity index is 1310. The fraction of sp³-hybridized carbons (Fsp3) is 0.250. The number of alkyl halides is 3. The van der Waals surface area contributed by atoms with E-state index in [1.807, 2.05) is 43.3 Å². The number of aryl methyl sites for hydroxylation is 1. The molecule has 0 radical (unpaired) electrons. The van der Waals surface area contributed by atoms with E-state index in [2.05, 4.69) is 42.8 Å². The molecule has 0 amide bonds. The van der Waals surface area contributed by atoms with Crippen LogP contribution in [0.1, 0.15) is 66.8 Å². The molecule has 2 unspecified atom stereocenters. The van der Waals surface area contributed by atoms with Gasteiger partial charge in [0, 0.05) is 17.4 Å². The first-order valence-electron chi connectivity index (χ1n) is 12.5. The number of hydrogen-bond acceptors (Lipinski definition) is 1. The van der Waals surface area contributed by atoms with Crippen LogP contribution in [-0.2, 0) is 6.42 Å². The van der Waals surface area contributed by atoms with E-state index < -0.39 is 6.36 Å². The number of halogens is 4. The Morgan fingerprint density at radius 1 is 0.676 bits per heavy atom. The molecule has 0 N–H and O–H groups in total. The van der Waals surface area contributed by atoms with Crippen molar-refractivity contribution in [1.29, 1.82) is 0 Å². The zero-order chi connectivity index (χ0) is 26.6. The summed E-state index contributed by atoms with van der Waals surface area (Å²) in [6, 6.07) is 27.4. The highest BCUT2D eigenvalue weighted by Crippen LogP contribution is 2.32. The third-order valence-corrected chi connectivity index (χ3v) is 6.85. The van der Waals surface area contributed by atoms with Crippen LogP contribution in [0.2, 0.25) is 0 Å². The van der Waals surface area contributed by atoms with E-state index in [1.54, 1.807) is 18.2 Å². The van der Waals surface area contributed by atoms with Crippen LogP contribution in [0.25, 0.3) is 11.1 Å². The van der Waals surface area contributed by atoms with Crippen LogP contribution in [0.5, 0.6) is 5.75 Å². The highest BCUT2D eigenvalue weighted by Gasteiger charge is 2.31. The molecule has 0 saturated carbocycles. The largest absolute Gasteiger partial charge is 0.573 e. The van der Waals surface area contributed by atoms with Crippen molar-refractivity contribution in [2.24, 2.45) is 0 Å². The Labute approximate surface area is 215 Å². The average Bonchev–Trinajstić information content (AvgIpc) is 2.88. The van der Waals surface area contributed by atoms with Crippen molar-refractivity contribution < 1.29 is 22.3 Å². The van der Waals surface area contributed by atoms with Crippen LogP contribution in [0.15, 0.2) is 91.0 Å². The van der Waals surface area contributed by atoms with Crippen LogP contribution in [-0.4, -0.2) is 6.36 Å². The number of hydrogen-bond donors (Lipinski definition) is 0. The summed E-state index contributed by atoms with van der Waals surface area (Å²) < 4.78 is 56.3. The van der Waals surface area contributed by atoms with Gasteiger partial charge in [0.05, 0.1) is 0 Å². The summed E-state index contributed by atoms with van der Waals surface area (Å²) in [7, 11) is 0. The standard InChI is InChI=1S/C32H30F4O/c1-4-5-23-6-8-24(9-7-23)22(3)28-16-19-30(31(33)20-28)27-12-10-25(11-13-27)21(2)26-14-17-29(18-15-26)37-32(34,35)36/h6-22H,4-5H2,1-3H3. The topological polar surface area (TPSA) is 9.23 Å². The molecule has 0 bridgehead atoms. The second-order valence-corrected chi connectivity index (χ2v) is 9.41. The lowest BCUT2D eigenvalue weighted by atomic mass is 9.89. The van der Waals surface area contributed by atoms with Crippen molar-refractivity contribution in [3.63, 3.8) is 0 Å². The Hall–Kier alpha value is -3.60. The van der Waals surface area contributed by atoms with E-state index >= 15 is 4.39 Å². The summed E-state index contributed by atoms with van der Waals surface area (Å²) in [5.41, 5.74) is 6.52. The molecule has 0 fully saturated rings. The van der Waals surface area contributed by atoms with Gasteiger partial charge in [-0.15, -0.1) is 13.2 Å². The van der Waals surface area contributed by atoms with E-state index in [0.29, 0.717) is 5.56 Å². The van der Waals surface area contributed by atoms with Gasteiger partial charge in [0.25, 0.3) is 0 Å². The van der Waals surface area contributed by atoms with Gasteiger partial charge < -0.3 is 4.74 Å². The summed E-state index contributed by atoms with van der Waals surface area (Å²) in [5, 5.41) is 0. The van der Waals surface area contributed by atoms with Crippen molar-refractivity contribution in [1.82, 2.24) is 0 Å². The minimum atomic E-state index is -4.71. The second kappa shape index (κ2) is 11.2. The van der Waals surface area contributed by atoms with E-state index in [1.165, 1.54) is 17.7 Å². The molecule has 4 aromatic carbocycles. The fourth-order valence-electron chi connectivity index (χ4n) is 4.59. The van der Waals surface area contributed by atoms with Crippen molar-refractivity contribution in [3.05, 3.63) is 125 Å². The highest BCUT2D eigenvalue weighted by atomic mass is 19.4. The molecular weight excluding hydrogens is 476 g/mol. The lowest BCUT2D eigenvalue weighted by Crippen LogP contribution is -2.17. The molecule has 4 aromatic rings. The van der Waals surface area contributed by atoms with Gasteiger partial charge in [-0.2, -0.15) is 0 Å². The van der Waals surface area contributed by atoms with Crippen molar-refractivity contribution in [3.8, 4) is 16.9 Å². The Morgan fingerprint density at radius 3 is 1.68 bits per heavy atom. The molecule has 5 heteroatoms. The summed E-state index contributed by atoms with van der Waals surface area (Å²) >= 11 is 0. The van der Waals surface area contributed by atoms with Crippen LogP contribution in [0, 0.1) is 5.82 Å². The van der Waals surface area contributed by atoms with Crippen LogP contribution >= 0.6 is 0 Å². The zero-order valence-corrected chi connectivity index (χ0v) is 21.1. The highest BCUT2D eigenvalue weighted by molar-refractivity contribution is 5.65. The Morgan fingerprint density at radius 2 is 1.16 bits per heavy atom. The molecule has 0 aliphatic carbocycles. The Kier molecular flexibility index (Phi) is 8.01. The van der Waals surface area contributed by atoms with Crippen molar-refractivity contribution >= 4 is 0 Å². The van der Waals surface area contributed by atoms with Gasteiger partial charge in [-0.3, -0.25) is 0 Å². The predicted molar refractivity (Wildman–Crippen MR) is 140 cm³/mol. The average molecular weight is 507 g/mol. The molecule has 0 heterocycles. The van der Waals surface area contributed by atoms with Gasteiger partial charge in [0.2, 0.25) is 0 Å². The molecule has 1 nitrogen and oxygen atoms in total. The Balaban J connectivity index is 1.47. The summed E-state index contributed by atoms with van der Waals surface area (Å²) in [6.07, 6.45) is -2.55. The maximum atomic E-state index is 15.2. The molecule has 37 heavy (non-hydrogen) atoms.